The van der Waals surface area contributed by atoms with E-state index in [0.29, 0.717) is 17.0 Å². The van der Waals surface area contributed by atoms with Crippen molar-refractivity contribution in [3.63, 3.8) is 0 Å². The van der Waals surface area contributed by atoms with E-state index in [1.54, 1.807) is 14.0 Å². The number of methoxy groups -OCH3 is 1. The number of aromatic nitrogens is 2. The second kappa shape index (κ2) is 5.56. The normalized spacial score (nSPS) is 12.5. The minimum atomic E-state index is -0.905. The van der Waals surface area contributed by atoms with Crippen molar-refractivity contribution in [1.82, 2.24) is 15.2 Å². The number of nitrogens with two attached hydrogens (primary N) is 1. The van der Waals surface area contributed by atoms with Gasteiger partial charge in [0.25, 0.3) is 0 Å². The van der Waals surface area contributed by atoms with Gasteiger partial charge in [-0.25, -0.2) is 14.2 Å². The van der Waals surface area contributed by atoms with Gasteiger partial charge < -0.3 is 4.74 Å². The molecule has 108 valence electrons. The number of rotatable bonds is 4. The molecule has 0 spiro atoms. The van der Waals surface area contributed by atoms with Crippen LogP contribution in [0.1, 0.15) is 22.9 Å². The van der Waals surface area contributed by atoms with E-state index in [-0.39, 0.29) is 5.56 Å². The summed E-state index contributed by atoms with van der Waals surface area (Å²) in [5, 5.41) is 4.01. The molecule has 3 N–H and O–H groups in total. The summed E-state index contributed by atoms with van der Waals surface area (Å²) in [4.78, 5) is 0. The number of hydrazine groups is 1. The van der Waals surface area contributed by atoms with Crippen LogP contribution in [0.15, 0.2) is 18.3 Å². The molecule has 0 fully saturated rings. The molecule has 2 aromatic rings. The Kier molecular flexibility index (Phi) is 4.01. The van der Waals surface area contributed by atoms with Crippen molar-refractivity contribution < 1.29 is 13.5 Å². The molecule has 0 radical (unpaired) electrons. The van der Waals surface area contributed by atoms with Gasteiger partial charge in [-0.3, -0.25) is 10.5 Å². The maximum atomic E-state index is 14.3. The van der Waals surface area contributed by atoms with Crippen molar-refractivity contribution in [2.24, 2.45) is 12.9 Å². The van der Waals surface area contributed by atoms with Crippen LogP contribution in [0.25, 0.3) is 0 Å². The molecule has 0 saturated carbocycles. The molecule has 1 aromatic heterocycles. The first-order chi connectivity index (χ1) is 9.51. The van der Waals surface area contributed by atoms with E-state index in [2.05, 4.69) is 10.5 Å². The number of ether oxygens (including phenoxy) is 1. The van der Waals surface area contributed by atoms with Gasteiger partial charge in [-0.05, 0) is 18.6 Å². The Bertz CT molecular complexity index is 627. The fourth-order valence-corrected chi connectivity index (χ4v) is 2.16. The summed E-state index contributed by atoms with van der Waals surface area (Å²) in [6.07, 6.45) is 1.46. The fourth-order valence-electron chi connectivity index (χ4n) is 2.16. The summed E-state index contributed by atoms with van der Waals surface area (Å²) in [6, 6.07) is 1.68. The van der Waals surface area contributed by atoms with E-state index in [4.69, 9.17) is 10.6 Å². The monoisotopic (exact) mass is 282 g/mol. The van der Waals surface area contributed by atoms with Gasteiger partial charge in [0.1, 0.15) is 17.3 Å². The standard InChI is InChI=1S/C13H16F2N4O/c1-7-4-5-8(14)10(11(7)15)12(18-16)13-9(20-3)6-17-19(13)2/h4-6,12,18H,16H2,1-3H3. The Labute approximate surface area is 115 Å². The number of nitrogens with one attached hydrogen (secondary N) is 1. The van der Waals surface area contributed by atoms with Crippen LogP contribution >= 0.6 is 0 Å². The lowest BCUT2D eigenvalue weighted by Crippen LogP contribution is -2.32. The zero-order valence-electron chi connectivity index (χ0n) is 11.4. The van der Waals surface area contributed by atoms with Crippen molar-refractivity contribution >= 4 is 0 Å². The number of nitrogens with zero attached hydrogens (tertiary/aromatic N) is 2. The topological polar surface area (TPSA) is 65.1 Å². The lowest BCUT2D eigenvalue weighted by molar-refractivity contribution is 0.397. The van der Waals surface area contributed by atoms with Gasteiger partial charge >= 0.3 is 0 Å². The molecule has 0 aliphatic rings. The molecule has 20 heavy (non-hydrogen) atoms. The van der Waals surface area contributed by atoms with Gasteiger partial charge in [-0.15, -0.1) is 0 Å². The molecule has 0 amide bonds. The van der Waals surface area contributed by atoms with Crippen molar-refractivity contribution in [3.8, 4) is 5.75 Å². The maximum Gasteiger partial charge on any atom is 0.161 e. The first-order valence-electron chi connectivity index (χ1n) is 5.97. The summed E-state index contributed by atoms with van der Waals surface area (Å²) in [5.74, 6) is 4.57. The average Bonchev–Trinajstić information content (AvgIpc) is 2.80. The summed E-state index contributed by atoms with van der Waals surface area (Å²) in [6.45, 7) is 1.56. The minimum Gasteiger partial charge on any atom is -0.493 e. The highest BCUT2D eigenvalue weighted by molar-refractivity contribution is 5.39. The second-order valence-electron chi connectivity index (χ2n) is 4.41. The summed E-state index contributed by atoms with van der Waals surface area (Å²) >= 11 is 0. The number of aryl methyl sites for hydroxylation is 2. The zero-order chi connectivity index (χ0) is 14.9. The third kappa shape index (κ3) is 2.25. The molecule has 0 aliphatic carbocycles. The molecular weight excluding hydrogens is 266 g/mol. The fraction of sp³-hybridized carbons (Fsp3) is 0.308. The summed E-state index contributed by atoms with van der Waals surface area (Å²) in [5.41, 5.74) is 3.05. The highest BCUT2D eigenvalue weighted by Crippen LogP contribution is 2.32. The Hall–Kier alpha value is -1.99. The quantitative estimate of drug-likeness (QED) is 0.660. The van der Waals surface area contributed by atoms with E-state index in [0.717, 1.165) is 0 Å². The number of hydrogen-bond donors (Lipinski definition) is 2. The lowest BCUT2D eigenvalue weighted by Gasteiger charge is -2.20. The largest absolute Gasteiger partial charge is 0.493 e. The van der Waals surface area contributed by atoms with Crippen molar-refractivity contribution in [2.75, 3.05) is 7.11 Å². The molecule has 1 heterocycles. The van der Waals surface area contributed by atoms with E-state index in [1.807, 2.05) is 0 Å². The van der Waals surface area contributed by atoms with Crippen LogP contribution in [0.5, 0.6) is 5.75 Å². The first-order valence-corrected chi connectivity index (χ1v) is 5.97. The van der Waals surface area contributed by atoms with Crippen LogP contribution in [0.3, 0.4) is 0 Å². The van der Waals surface area contributed by atoms with Gasteiger partial charge in [0, 0.05) is 12.6 Å². The van der Waals surface area contributed by atoms with Gasteiger partial charge in [-0.1, -0.05) is 6.07 Å². The average molecular weight is 282 g/mol. The third-order valence-electron chi connectivity index (χ3n) is 3.22. The van der Waals surface area contributed by atoms with Gasteiger partial charge in [-0.2, -0.15) is 5.10 Å². The molecule has 2 rings (SSSR count). The molecule has 0 aliphatic heterocycles. The highest BCUT2D eigenvalue weighted by atomic mass is 19.1. The summed E-state index contributed by atoms with van der Waals surface area (Å²) in [7, 11) is 3.10. The van der Waals surface area contributed by atoms with Crippen LogP contribution in [0.4, 0.5) is 8.78 Å². The Morgan fingerprint density at radius 3 is 2.70 bits per heavy atom. The predicted octanol–water partition coefficient (Wildman–Crippen LogP) is 1.57. The first kappa shape index (κ1) is 14.4. The predicted molar refractivity (Wildman–Crippen MR) is 70.0 cm³/mol. The molecule has 7 heteroatoms. The van der Waals surface area contributed by atoms with Gasteiger partial charge in [0.15, 0.2) is 5.75 Å². The molecule has 1 aromatic carbocycles. The molecule has 0 saturated heterocycles. The van der Waals surface area contributed by atoms with E-state index in [1.165, 1.54) is 30.1 Å². The smallest absolute Gasteiger partial charge is 0.161 e. The minimum absolute atomic E-state index is 0.158. The van der Waals surface area contributed by atoms with Crippen molar-refractivity contribution in [3.05, 3.63) is 46.8 Å². The molecule has 5 nitrogen and oxygen atoms in total. The Morgan fingerprint density at radius 1 is 1.40 bits per heavy atom. The number of hydrogen-bond acceptors (Lipinski definition) is 4. The van der Waals surface area contributed by atoms with Crippen LogP contribution in [0.2, 0.25) is 0 Å². The van der Waals surface area contributed by atoms with Gasteiger partial charge in [0.2, 0.25) is 0 Å². The highest BCUT2D eigenvalue weighted by Gasteiger charge is 2.27. The maximum absolute atomic E-state index is 14.3. The van der Waals surface area contributed by atoms with Gasteiger partial charge in [0.05, 0.1) is 19.3 Å². The van der Waals surface area contributed by atoms with Crippen LogP contribution < -0.4 is 16.0 Å². The van der Waals surface area contributed by atoms with Crippen molar-refractivity contribution in [2.45, 2.75) is 13.0 Å². The zero-order valence-corrected chi connectivity index (χ0v) is 11.4. The third-order valence-corrected chi connectivity index (χ3v) is 3.22. The number of benzene rings is 1. The Morgan fingerprint density at radius 2 is 2.10 bits per heavy atom. The Balaban J connectivity index is 2.64. The van der Waals surface area contributed by atoms with Crippen molar-refractivity contribution in [1.29, 1.82) is 0 Å². The van der Waals surface area contributed by atoms with E-state index in [9.17, 15) is 8.78 Å². The van der Waals surface area contributed by atoms with Crippen LogP contribution in [-0.4, -0.2) is 16.9 Å². The molecule has 1 unspecified atom stereocenters. The second-order valence-corrected chi connectivity index (χ2v) is 4.41. The van der Waals surface area contributed by atoms with E-state index >= 15 is 0 Å². The lowest BCUT2D eigenvalue weighted by atomic mass is 10.00. The number of halogens is 2. The molecular formula is C13H16F2N4O. The summed E-state index contributed by atoms with van der Waals surface area (Å²) < 4.78 is 34.9. The molecule has 1 atom stereocenters. The molecule has 0 bridgehead atoms. The SMILES string of the molecule is COc1cnn(C)c1C(NN)c1c(F)ccc(C)c1F. The van der Waals surface area contributed by atoms with Crippen LogP contribution in [0, 0.1) is 18.6 Å². The van der Waals surface area contributed by atoms with Crippen LogP contribution in [-0.2, 0) is 7.05 Å². The van der Waals surface area contributed by atoms with E-state index < -0.39 is 17.7 Å².